The molecule has 3 aromatic rings. The van der Waals surface area contributed by atoms with Crippen LogP contribution < -0.4 is 10.1 Å². The lowest BCUT2D eigenvalue weighted by Crippen LogP contribution is -2.16. The highest BCUT2D eigenvalue weighted by atomic mass is 32.2. The molecule has 30 heavy (non-hydrogen) atoms. The number of rotatable bonds is 7. The summed E-state index contributed by atoms with van der Waals surface area (Å²) in [7, 11) is -3.32. The van der Waals surface area contributed by atoms with Gasteiger partial charge in [0.1, 0.15) is 17.2 Å². The topological polar surface area (TPSA) is 123 Å². The van der Waals surface area contributed by atoms with Crippen LogP contribution in [-0.4, -0.2) is 36.1 Å². The van der Waals surface area contributed by atoms with Crippen LogP contribution in [0.3, 0.4) is 0 Å². The quantitative estimate of drug-likeness (QED) is 0.591. The van der Waals surface area contributed by atoms with Gasteiger partial charge in [-0.05, 0) is 54.6 Å². The number of ether oxygens (including phenoxy) is 1. The highest BCUT2D eigenvalue weighted by Crippen LogP contribution is 2.28. The lowest BCUT2D eigenvalue weighted by Gasteiger charge is -2.11. The summed E-state index contributed by atoms with van der Waals surface area (Å²) in [6, 6.07) is 14.8. The molecule has 0 saturated carbocycles. The van der Waals surface area contributed by atoms with Crippen molar-refractivity contribution in [2.75, 3.05) is 11.1 Å². The van der Waals surface area contributed by atoms with Crippen molar-refractivity contribution >= 4 is 27.4 Å². The standard InChI is InChI=1S/C21H18N2O6S/c1-2-30(27,28)16-9-6-14(7-10-16)29-15-8-11-18(17(13-15)21(25)26)23-20(24)19-5-3-4-12-22-19/h3-13H,2H2,1H3,(H,23,24)(H,25,26). The second-order valence-corrected chi connectivity index (χ2v) is 8.44. The van der Waals surface area contributed by atoms with Gasteiger partial charge in [-0.2, -0.15) is 0 Å². The van der Waals surface area contributed by atoms with Crippen molar-refractivity contribution in [2.24, 2.45) is 0 Å². The highest BCUT2D eigenvalue weighted by molar-refractivity contribution is 7.91. The van der Waals surface area contributed by atoms with Crippen LogP contribution in [-0.2, 0) is 9.84 Å². The zero-order valence-electron chi connectivity index (χ0n) is 15.9. The van der Waals surface area contributed by atoms with Crippen LogP contribution in [0.2, 0.25) is 0 Å². The maximum atomic E-state index is 12.3. The number of nitrogens with one attached hydrogen (secondary N) is 1. The Balaban J connectivity index is 1.81. The summed E-state index contributed by atoms with van der Waals surface area (Å²) in [5.74, 6) is -1.25. The van der Waals surface area contributed by atoms with Crippen LogP contribution in [0.4, 0.5) is 5.69 Å². The molecule has 0 aliphatic heterocycles. The van der Waals surface area contributed by atoms with Crippen LogP contribution in [0.15, 0.2) is 71.8 Å². The van der Waals surface area contributed by atoms with E-state index in [0.717, 1.165) is 0 Å². The summed E-state index contributed by atoms with van der Waals surface area (Å²) in [6.45, 7) is 1.56. The van der Waals surface area contributed by atoms with Gasteiger partial charge in [0.15, 0.2) is 9.84 Å². The van der Waals surface area contributed by atoms with Gasteiger partial charge in [-0.1, -0.05) is 13.0 Å². The van der Waals surface area contributed by atoms with E-state index in [1.807, 2.05) is 0 Å². The number of carbonyl (C=O) groups excluding carboxylic acids is 1. The molecule has 0 saturated heterocycles. The summed E-state index contributed by atoms with van der Waals surface area (Å²) in [6.07, 6.45) is 1.46. The molecule has 8 nitrogen and oxygen atoms in total. The first-order chi connectivity index (χ1) is 14.3. The Morgan fingerprint density at radius 3 is 2.33 bits per heavy atom. The van der Waals surface area contributed by atoms with Crippen molar-refractivity contribution in [1.29, 1.82) is 0 Å². The Hall–Kier alpha value is -3.72. The molecule has 2 N–H and O–H groups in total. The molecule has 1 aromatic heterocycles. The van der Waals surface area contributed by atoms with E-state index in [1.165, 1.54) is 54.7 Å². The molecule has 0 bridgehead atoms. The predicted octanol–water partition coefficient (Wildman–Crippen LogP) is 3.62. The van der Waals surface area contributed by atoms with Gasteiger partial charge in [-0.3, -0.25) is 9.78 Å². The molecule has 3 rings (SSSR count). The van der Waals surface area contributed by atoms with Gasteiger partial charge in [0.05, 0.1) is 21.9 Å². The van der Waals surface area contributed by atoms with Crippen molar-refractivity contribution < 1.29 is 27.9 Å². The Labute approximate surface area is 173 Å². The van der Waals surface area contributed by atoms with E-state index in [1.54, 1.807) is 19.1 Å². The molecule has 1 amide bonds. The maximum Gasteiger partial charge on any atom is 0.337 e. The van der Waals surface area contributed by atoms with Crippen LogP contribution in [0.1, 0.15) is 27.8 Å². The van der Waals surface area contributed by atoms with Gasteiger partial charge in [0, 0.05) is 6.20 Å². The first-order valence-electron chi connectivity index (χ1n) is 8.90. The first kappa shape index (κ1) is 21.0. The Bertz CT molecular complexity index is 1180. The number of carboxylic acid groups (broad SMARTS) is 1. The van der Waals surface area contributed by atoms with Crippen molar-refractivity contribution in [2.45, 2.75) is 11.8 Å². The minimum absolute atomic E-state index is 0.0130. The number of carboxylic acids is 1. The zero-order chi connectivity index (χ0) is 21.7. The third-order valence-corrected chi connectivity index (χ3v) is 5.92. The van der Waals surface area contributed by atoms with Crippen molar-refractivity contribution in [3.8, 4) is 11.5 Å². The molecule has 1 heterocycles. The Morgan fingerprint density at radius 1 is 1.03 bits per heavy atom. The molecular weight excluding hydrogens is 408 g/mol. The largest absolute Gasteiger partial charge is 0.478 e. The molecule has 0 aliphatic rings. The fraction of sp³-hybridized carbons (Fsp3) is 0.0952. The highest BCUT2D eigenvalue weighted by Gasteiger charge is 2.16. The molecule has 0 spiro atoms. The van der Waals surface area contributed by atoms with Crippen molar-refractivity contribution in [3.63, 3.8) is 0 Å². The van der Waals surface area contributed by atoms with Crippen molar-refractivity contribution in [1.82, 2.24) is 4.98 Å². The summed E-state index contributed by atoms with van der Waals surface area (Å²) in [5, 5.41) is 12.0. The van der Waals surface area contributed by atoms with E-state index >= 15 is 0 Å². The molecular formula is C21H18N2O6S. The Kier molecular flexibility index (Phi) is 6.12. The fourth-order valence-electron chi connectivity index (χ4n) is 2.57. The van der Waals surface area contributed by atoms with E-state index < -0.39 is 21.7 Å². The number of amides is 1. The first-order valence-corrected chi connectivity index (χ1v) is 10.6. The second-order valence-electron chi connectivity index (χ2n) is 6.16. The minimum atomic E-state index is -3.32. The average Bonchev–Trinajstić information content (AvgIpc) is 2.75. The van der Waals surface area contributed by atoms with Crippen LogP contribution in [0.5, 0.6) is 11.5 Å². The van der Waals surface area contributed by atoms with Gasteiger partial charge in [0.2, 0.25) is 0 Å². The molecule has 0 radical (unpaired) electrons. The number of aromatic nitrogens is 1. The molecule has 154 valence electrons. The summed E-state index contributed by atoms with van der Waals surface area (Å²) in [4.78, 5) is 28.0. The second kappa shape index (κ2) is 8.75. The normalized spacial score (nSPS) is 11.0. The van der Waals surface area contributed by atoms with Crippen LogP contribution >= 0.6 is 0 Å². The molecule has 9 heteroatoms. The number of benzene rings is 2. The minimum Gasteiger partial charge on any atom is -0.478 e. The number of nitrogens with zero attached hydrogens (tertiary/aromatic N) is 1. The number of hydrogen-bond acceptors (Lipinski definition) is 6. The average molecular weight is 426 g/mol. The van der Waals surface area contributed by atoms with E-state index in [9.17, 15) is 23.1 Å². The number of hydrogen-bond donors (Lipinski definition) is 2. The number of sulfone groups is 1. The fourth-order valence-corrected chi connectivity index (χ4v) is 3.46. The number of aromatic carboxylic acids is 1. The van der Waals surface area contributed by atoms with E-state index in [-0.39, 0.29) is 33.3 Å². The van der Waals surface area contributed by atoms with Gasteiger partial charge in [-0.25, -0.2) is 13.2 Å². The van der Waals surface area contributed by atoms with Crippen LogP contribution in [0.25, 0.3) is 0 Å². The van der Waals surface area contributed by atoms with Crippen LogP contribution in [0, 0.1) is 0 Å². The lowest BCUT2D eigenvalue weighted by atomic mass is 10.1. The van der Waals surface area contributed by atoms with Crippen molar-refractivity contribution in [3.05, 3.63) is 78.1 Å². The molecule has 0 atom stereocenters. The van der Waals surface area contributed by atoms with E-state index in [0.29, 0.717) is 5.75 Å². The number of carbonyl (C=O) groups is 2. The summed E-state index contributed by atoms with van der Waals surface area (Å²) >= 11 is 0. The Morgan fingerprint density at radius 2 is 1.73 bits per heavy atom. The van der Waals surface area contributed by atoms with E-state index in [4.69, 9.17) is 4.74 Å². The number of anilines is 1. The smallest absolute Gasteiger partial charge is 0.337 e. The maximum absolute atomic E-state index is 12.3. The molecule has 0 aliphatic carbocycles. The summed E-state index contributed by atoms with van der Waals surface area (Å²) in [5.41, 5.74) is 0.0770. The lowest BCUT2D eigenvalue weighted by molar-refractivity contribution is 0.0697. The van der Waals surface area contributed by atoms with E-state index in [2.05, 4.69) is 10.3 Å². The predicted molar refractivity (Wildman–Crippen MR) is 110 cm³/mol. The third-order valence-electron chi connectivity index (χ3n) is 4.17. The summed E-state index contributed by atoms with van der Waals surface area (Å²) < 4.78 is 29.4. The molecule has 0 unspecified atom stereocenters. The molecule has 0 fully saturated rings. The SMILES string of the molecule is CCS(=O)(=O)c1ccc(Oc2ccc(NC(=O)c3ccccn3)c(C(=O)O)c2)cc1. The van der Waals surface area contributed by atoms with Gasteiger partial charge in [0.25, 0.3) is 5.91 Å². The van der Waals surface area contributed by atoms with Gasteiger partial charge in [-0.15, -0.1) is 0 Å². The monoisotopic (exact) mass is 426 g/mol. The van der Waals surface area contributed by atoms with Gasteiger partial charge < -0.3 is 15.2 Å². The third kappa shape index (κ3) is 4.81. The molecule has 2 aromatic carbocycles. The van der Waals surface area contributed by atoms with Gasteiger partial charge >= 0.3 is 5.97 Å². The zero-order valence-corrected chi connectivity index (χ0v) is 16.7. The number of pyridine rings is 1.